The summed E-state index contributed by atoms with van der Waals surface area (Å²) in [7, 11) is -4.27. The number of unbranched alkanes of at least 4 members (excludes halogenated alkanes) is 1. The third-order valence-corrected chi connectivity index (χ3v) is 8.08. The lowest BCUT2D eigenvalue weighted by Crippen LogP contribution is -2.20. The van der Waals surface area contributed by atoms with Crippen molar-refractivity contribution in [3.05, 3.63) is 108 Å². The fourth-order valence-corrected chi connectivity index (χ4v) is 5.48. The van der Waals surface area contributed by atoms with Gasteiger partial charge in [-0.25, -0.2) is 0 Å². The van der Waals surface area contributed by atoms with Gasteiger partial charge in [0.05, 0.1) is 4.90 Å². The SMILES string of the molecule is C=C(/C=C/C=C/C=c1\c2cccc3cccc(c32)n1CCCC)C(C)(C)c1cc(S(=O)(=O)O)ccc1C. The molecule has 0 bridgehead atoms. The minimum atomic E-state index is -4.27. The van der Waals surface area contributed by atoms with Crippen LogP contribution in [0.15, 0.2) is 95.9 Å². The van der Waals surface area contributed by atoms with E-state index in [0.717, 1.165) is 36.1 Å². The molecule has 0 saturated carbocycles. The van der Waals surface area contributed by atoms with Gasteiger partial charge >= 0.3 is 0 Å². The van der Waals surface area contributed by atoms with Gasteiger partial charge in [-0.2, -0.15) is 8.42 Å². The Morgan fingerprint density at radius 1 is 1.05 bits per heavy atom. The fourth-order valence-electron chi connectivity index (χ4n) is 4.97. The second-order valence-electron chi connectivity index (χ2n) is 10.1. The zero-order chi connectivity index (χ0) is 26.8. The van der Waals surface area contributed by atoms with Crippen LogP contribution in [0.2, 0.25) is 0 Å². The number of hydrogen-bond donors (Lipinski definition) is 1. The molecule has 0 fully saturated rings. The van der Waals surface area contributed by atoms with Crippen LogP contribution < -0.4 is 5.35 Å². The molecule has 4 rings (SSSR count). The molecule has 0 spiro atoms. The highest BCUT2D eigenvalue weighted by molar-refractivity contribution is 7.85. The molecule has 0 unspecified atom stereocenters. The van der Waals surface area contributed by atoms with Crippen LogP contribution in [-0.2, 0) is 22.1 Å². The van der Waals surface area contributed by atoms with Crippen molar-refractivity contribution in [2.75, 3.05) is 0 Å². The molecule has 4 nitrogen and oxygen atoms in total. The fraction of sp³-hybridized carbons (Fsp3) is 0.250. The first-order chi connectivity index (χ1) is 17.6. The predicted molar refractivity (Wildman–Crippen MR) is 155 cm³/mol. The third-order valence-electron chi connectivity index (χ3n) is 7.23. The van der Waals surface area contributed by atoms with E-state index >= 15 is 0 Å². The molecule has 5 heteroatoms. The second-order valence-corrected chi connectivity index (χ2v) is 11.5. The van der Waals surface area contributed by atoms with E-state index < -0.39 is 15.5 Å². The Morgan fingerprint density at radius 2 is 1.78 bits per heavy atom. The lowest BCUT2D eigenvalue weighted by molar-refractivity contribution is 0.482. The van der Waals surface area contributed by atoms with Crippen molar-refractivity contribution in [2.24, 2.45) is 0 Å². The van der Waals surface area contributed by atoms with Crippen LogP contribution >= 0.6 is 0 Å². The highest BCUT2D eigenvalue weighted by atomic mass is 32.2. The van der Waals surface area contributed by atoms with Crippen LogP contribution in [0.3, 0.4) is 0 Å². The first-order valence-electron chi connectivity index (χ1n) is 12.7. The molecule has 3 aromatic carbocycles. The lowest BCUT2D eigenvalue weighted by Gasteiger charge is -2.28. The first kappa shape index (κ1) is 26.6. The summed E-state index contributed by atoms with van der Waals surface area (Å²) >= 11 is 0. The molecule has 0 radical (unpaired) electrons. The van der Waals surface area contributed by atoms with E-state index in [1.54, 1.807) is 6.07 Å². The Bertz CT molecular complexity index is 1680. The molecular formula is C32H35NO3S. The molecule has 0 saturated heterocycles. The Morgan fingerprint density at radius 3 is 2.49 bits per heavy atom. The number of nitrogens with zero attached hydrogens (tertiary/aromatic N) is 1. The molecule has 0 amide bonds. The van der Waals surface area contributed by atoms with Crippen LogP contribution in [0, 0.1) is 6.92 Å². The Hall–Kier alpha value is -3.41. The Kier molecular flexibility index (Phi) is 7.58. The number of hydrogen-bond acceptors (Lipinski definition) is 2. The van der Waals surface area contributed by atoms with Gasteiger partial charge in [0, 0.05) is 33.6 Å². The lowest BCUT2D eigenvalue weighted by atomic mass is 9.76. The van der Waals surface area contributed by atoms with E-state index in [2.05, 4.69) is 66.6 Å². The van der Waals surface area contributed by atoms with Gasteiger partial charge in [-0.3, -0.25) is 4.55 Å². The van der Waals surface area contributed by atoms with Crippen molar-refractivity contribution in [2.45, 2.75) is 57.4 Å². The highest BCUT2D eigenvalue weighted by Crippen LogP contribution is 2.35. The van der Waals surface area contributed by atoms with Gasteiger partial charge in [0.1, 0.15) is 0 Å². The van der Waals surface area contributed by atoms with Crippen molar-refractivity contribution < 1.29 is 13.0 Å². The summed E-state index contributed by atoms with van der Waals surface area (Å²) in [6.07, 6.45) is 12.4. The van der Waals surface area contributed by atoms with Crippen molar-refractivity contribution in [3.63, 3.8) is 0 Å². The topological polar surface area (TPSA) is 59.3 Å². The molecule has 0 aliphatic rings. The van der Waals surface area contributed by atoms with Gasteiger partial charge < -0.3 is 4.57 Å². The summed E-state index contributed by atoms with van der Waals surface area (Å²) in [5, 5.41) is 5.05. The molecule has 0 aliphatic heterocycles. The summed E-state index contributed by atoms with van der Waals surface area (Å²) < 4.78 is 35.2. The van der Waals surface area contributed by atoms with Crippen LogP contribution in [0.25, 0.3) is 27.8 Å². The summed E-state index contributed by atoms with van der Waals surface area (Å²) in [5.74, 6) is 0. The summed E-state index contributed by atoms with van der Waals surface area (Å²) in [5.41, 5.74) is 3.34. The smallest absolute Gasteiger partial charge is 0.294 e. The maximum atomic E-state index is 11.7. The summed E-state index contributed by atoms with van der Waals surface area (Å²) in [6.45, 7) is 13.4. The molecular weight excluding hydrogens is 478 g/mol. The second kappa shape index (κ2) is 10.5. The molecule has 1 aromatic heterocycles. The molecule has 0 aliphatic carbocycles. The van der Waals surface area contributed by atoms with Gasteiger partial charge in [-0.05, 0) is 59.7 Å². The zero-order valence-corrected chi connectivity index (χ0v) is 22.8. The monoisotopic (exact) mass is 513 g/mol. The van der Waals surface area contributed by atoms with Gasteiger partial charge in [0.25, 0.3) is 10.1 Å². The maximum absolute atomic E-state index is 11.7. The van der Waals surface area contributed by atoms with Gasteiger partial charge in [-0.1, -0.05) is 94.5 Å². The minimum absolute atomic E-state index is 0.107. The summed E-state index contributed by atoms with van der Waals surface area (Å²) in [4.78, 5) is -0.107. The zero-order valence-electron chi connectivity index (χ0n) is 22.0. The molecule has 37 heavy (non-hydrogen) atoms. The van der Waals surface area contributed by atoms with E-state index in [-0.39, 0.29) is 4.90 Å². The van der Waals surface area contributed by atoms with E-state index in [4.69, 9.17) is 0 Å². The molecule has 0 atom stereocenters. The average molecular weight is 514 g/mol. The quantitative estimate of drug-likeness (QED) is 0.189. The predicted octanol–water partition coefficient (Wildman–Crippen LogP) is 7.30. The Balaban J connectivity index is 1.64. The number of aryl methyl sites for hydroxylation is 2. The van der Waals surface area contributed by atoms with Crippen molar-refractivity contribution in [3.8, 4) is 0 Å². The minimum Gasteiger partial charge on any atom is -0.340 e. The van der Waals surface area contributed by atoms with E-state index in [1.165, 1.54) is 39.2 Å². The van der Waals surface area contributed by atoms with E-state index in [9.17, 15) is 13.0 Å². The normalized spacial score (nSPS) is 13.6. The van der Waals surface area contributed by atoms with Crippen LogP contribution in [0.5, 0.6) is 0 Å². The van der Waals surface area contributed by atoms with Crippen LogP contribution in [0.1, 0.15) is 44.7 Å². The third kappa shape index (κ3) is 5.34. The number of rotatable bonds is 9. The van der Waals surface area contributed by atoms with E-state index in [1.807, 2.05) is 39.0 Å². The molecule has 1 N–H and O–H groups in total. The van der Waals surface area contributed by atoms with Crippen molar-refractivity contribution in [1.29, 1.82) is 0 Å². The largest absolute Gasteiger partial charge is 0.340 e. The van der Waals surface area contributed by atoms with Crippen LogP contribution in [-0.4, -0.2) is 17.5 Å². The number of aromatic nitrogens is 1. The first-order valence-corrected chi connectivity index (χ1v) is 14.1. The summed E-state index contributed by atoms with van der Waals surface area (Å²) in [6, 6.07) is 17.7. The van der Waals surface area contributed by atoms with Gasteiger partial charge in [0.15, 0.2) is 0 Å². The molecule has 192 valence electrons. The standard InChI is InChI=1S/C32H35NO3S/c1-6-7-21-33-29(27-16-11-14-25-15-12-18-30(33)31(25)27)17-10-8-9-13-24(3)32(4,5)28-22-26(37(34,35)36)20-19-23(28)2/h8-20,22H,3,6-7,21H2,1-2,4-5H3,(H,34,35,36)/b10-8+,13-9+,29-17+. The Labute approximate surface area is 220 Å². The van der Waals surface area contributed by atoms with Crippen molar-refractivity contribution >= 4 is 37.9 Å². The number of benzene rings is 3. The molecule has 1 heterocycles. The van der Waals surface area contributed by atoms with Gasteiger partial charge in [0.2, 0.25) is 0 Å². The van der Waals surface area contributed by atoms with E-state index in [0.29, 0.717) is 0 Å². The molecule has 4 aromatic rings. The van der Waals surface area contributed by atoms with Crippen molar-refractivity contribution in [1.82, 2.24) is 4.57 Å². The highest BCUT2D eigenvalue weighted by Gasteiger charge is 2.26. The van der Waals surface area contributed by atoms with Gasteiger partial charge in [-0.15, -0.1) is 0 Å². The van der Waals surface area contributed by atoms with Crippen LogP contribution in [0.4, 0.5) is 0 Å². The maximum Gasteiger partial charge on any atom is 0.294 e. The number of allylic oxidation sites excluding steroid dienone is 5. The average Bonchev–Trinajstić information content (AvgIpc) is 3.16.